The molecular formula is C21H22N2O. The number of hydrogen-bond donors (Lipinski definition) is 0. The molecular weight excluding hydrogens is 296 g/mol. The Balaban J connectivity index is 2.14. The van der Waals surface area contributed by atoms with E-state index in [0.29, 0.717) is 0 Å². The number of rotatable bonds is 3. The topological polar surface area (TPSA) is 34.0 Å². The summed E-state index contributed by atoms with van der Waals surface area (Å²) in [5.41, 5.74) is 6.31. The number of aryl methyl sites for hydroxylation is 4. The van der Waals surface area contributed by atoms with E-state index in [4.69, 9.17) is 4.74 Å². The maximum absolute atomic E-state index is 5.31. The molecule has 3 rings (SSSR count). The van der Waals surface area contributed by atoms with Gasteiger partial charge < -0.3 is 4.74 Å². The molecule has 0 heterocycles. The van der Waals surface area contributed by atoms with Crippen LogP contribution in [0.1, 0.15) is 22.3 Å². The molecule has 0 unspecified atom stereocenters. The van der Waals surface area contributed by atoms with Gasteiger partial charge in [-0.1, -0.05) is 30.3 Å². The molecule has 0 aliphatic rings. The zero-order valence-corrected chi connectivity index (χ0v) is 14.8. The van der Waals surface area contributed by atoms with Gasteiger partial charge in [0.15, 0.2) is 0 Å². The third kappa shape index (κ3) is 2.90. The second-order valence-electron chi connectivity index (χ2n) is 6.21. The molecule has 0 fully saturated rings. The zero-order chi connectivity index (χ0) is 17.3. The number of nitrogens with zero attached hydrogens (tertiary/aromatic N) is 2. The fourth-order valence-corrected chi connectivity index (χ4v) is 3.06. The number of hydrogen-bond acceptors (Lipinski definition) is 3. The molecule has 3 aromatic rings. The highest BCUT2D eigenvalue weighted by Gasteiger charge is 2.08. The number of fused-ring (bicyclic) bond motifs is 1. The van der Waals surface area contributed by atoms with E-state index in [1.54, 1.807) is 7.11 Å². The molecule has 24 heavy (non-hydrogen) atoms. The SMILES string of the molecule is COc1cc(C)c(N=Nc2c(C)ccc3cccc(C)c23)c(C)c1. The Morgan fingerprint density at radius 2 is 1.38 bits per heavy atom. The fraction of sp³-hybridized carbons (Fsp3) is 0.238. The largest absolute Gasteiger partial charge is 0.497 e. The van der Waals surface area contributed by atoms with Crippen molar-refractivity contribution in [1.82, 2.24) is 0 Å². The van der Waals surface area contributed by atoms with Crippen molar-refractivity contribution in [2.24, 2.45) is 10.2 Å². The Morgan fingerprint density at radius 1 is 0.708 bits per heavy atom. The van der Waals surface area contributed by atoms with E-state index in [1.807, 2.05) is 26.0 Å². The Bertz CT molecular complexity index is 919. The summed E-state index contributed by atoms with van der Waals surface area (Å²) in [6, 6.07) is 14.5. The molecule has 0 aromatic heterocycles. The predicted octanol–water partition coefficient (Wildman–Crippen LogP) is 6.50. The van der Waals surface area contributed by atoms with Crippen molar-refractivity contribution in [3.8, 4) is 5.75 Å². The van der Waals surface area contributed by atoms with E-state index in [0.717, 1.165) is 33.8 Å². The number of benzene rings is 3. The van der Waals surface area contributed by atoms with E-state index in [-0.39, 0.29) is 0 Å². The highest BCUT2D eigenvalue weighted by molar-refractivity contribution is 5.96. The molecule has 0 spiro atoms. The van der Waals surface area contributed by atoms with Crippen LogP contribution >= 0.6 is 0 Å². The van der Waals surface area contributed by atoms with E-state index >= 15 is 0 Å². The molecule has 3 aromatic carbocycles. The summed E-state index contributed by atoms with van der Waals surface area (Å²) in [5, 5.41) is 11.6. The summed E-state index contributed by atoms with van der Waals surface area (Å²) in [6.07, 6.45) is 0. The first-order valence-electron chi connectivity index (χ1n) is 8.07. The molecule has 0 radical (unpaired) electrons. The molecule has 0 N–H and O–H groups in total. The first-order valence-corrected chi connectivity index (χ1v) is 8.07. The summed E-state index contributed by atoms with van der Waals surface area (Å²) in [4.78, 5) is 0. The van der Waals surface area contributed by atoms with E-state index in [1.165, 1.54) is 16.3 Å². The third-order valence-corrected chi connectivity index (χ3v) is 4.38. The summed E-state index contributed by atoms with van der Waals surface area (Å²) < 4.78 is 5.31. The summed E-state index contributed by atoms with van der Waals surface area (Å²) in [6.45, 7) is 8.26. The number of methoxy groups -OCH3 is 1. The molecule has 122 valence electrons. The van der Waals surface area contributed by atoms with Gasteiger partial charge >= 0.3 is 0 Å². The normalized spacial score (nSPS) is 11.4. The Morgan fingerprint density at radius 3 is 2.04 bits per heavy atom. The van der Waals surface area contributed by atoms with E-state index in [2.05, 4.69) is 54.4 Å². The molecule has 0 saturated carbocycles. The molecule has 0 bridgehead atoms. The maximum Gasteiger partial charge on any atom is 0.119 e. The lowest BCUT2D eigenvalue weighted by Gasteiger charge is -2.10. The average Bonchev–Trinajstić information content (AvgIpc) is 2.55. The van der Waals surface area contributed by atoms with Crippen molar-refractivity contribution < 1.29 is 4.74 Å². The molecule has 0 aliphatic carbocycles. The van der Waals surface area contributed by atoms with Crippen molar-refractivity contribution in [2.75, 3.05) is 7.11 Å². The van der Waals surface area contributed by atoms with E-state index < -0.39 is 0 Å². The van der Waals surface area contributed by atoms with Gasteiger partial charge in [0.1, 0.15) is 5.75 Å². The third-order valence-electron chi connectivity index (χ3n) is 4.38. The molecule has 3 heteroatoms. The van der Waals surface area contributed by atoms with Crippen LogP contribution in [-0.4, -0.2) is 7.11 Å². The molecule has 0 amide bonds. The van der Waals surface area contributed by atoms with Crippen LogP contribution in [0.3, 0.4) is 0 Å². The van der Waals surface area contributed by atoms with Crippen LogP contribution in [0.15, 0.2) is 52.7 Å². The predicted molar refractivity (Wildman–Crippen MR) is 100 cm³/mol. The standard InChI is InChI=1S/C21H22N2O/c1-13-7-6-8-17-10-9-14(2)21(19(13)17)23-22-20-15(3)11-18(24-5)12-16(20)4/h6-12H,1-5H3. The van der Waals surface area contributed by atoms with Crippen molar-refractivity contribution in [2.45, 2.75) is 27.7 Å². The van der Waals surface area contributed by atoms with Crippen molar-refractivity contribution >= 4 is 22.1 Å². The minimum absolute atomic E-state index is 0.848. The summed E-state index contributed by atoms with van der Waals surface area (Å²) in [7, 11) is 1.68. The van der Waals surface area contributed by atoms with Crippen LogP contribution in [-0.2, 0) is 0 Å². The van der Waals surface area contributed by atoms with Crippen LogP contribution in [0.5, 0.6) is 5.75 Å². The van der Waals surface area contributed by atoms with Crippen molar-refractivity contribution in [3.63, 3.8) is 0 Å². The maximum atomic E-state index is 5.31. The monoisotopic (exact) mass is 318 g/mol. The molecule has 0 saturated heterocycles. The highest BCUT2D eigenvalue weighted by Crippen LogP contribution is 2.35. The Hall–Kier alpha value is -2.68. The smallest absolute Gasteiger partial charge is 0.119 e. The summed E-state index contributed by atoms with van der Waals surface area (Å²) >= 11 is 0. The lowest BCUT2D eigenvalue weighted by Crippen LogP contribution is -1.87. The molecule has 3 nitrogen and oxygen atoms in total. The van der Waals surface area contributed by atoms with Gasteiger partial charge in [0.25, 0.3) is 0 Å². The minimum atomic E-state index is 0.848. The van der Waals surface area contributed by atoms with Crippen LogP contribution in [0, 0.1) is 27.7 Å². The van der Waals surface area contributed by atoms with Gasteiger partial charge in [0.2, 0.25) is 0 Å². The van der Waals surface area contributed by atoms with Crippen LogP contribution < -0.4 is 4.74 Å². The van der Waals surface area contributed by atoms with Gasteiger partial charge in [-0.25, -0.2) is 0 Å². The summed E-state index contributed by atoms with van der Waals surface area (Å²) in [5.74, 6) is 0.848. The lowest BCUT2D eigenvalue weighted by molar-refractivity contribution is 0.414. The average molecular weight is 318 g/mol. The van der Waals surface area contributed by atoms with Crippen LogP contribution in [0.4, 0.5) is 11.4 Å². The Kier molecular flexibility index (Phi) is 4.34. The van der Waals surface area contributed by atoms with Gasteiger partial charge in [0.05, 0.1) is 18.5 Å². The molecule has 0 atom stereocenters. The van der Waals surface area contributed by atoms with E-state index in [9.17, 15) is 0 Å². The number of azo groups is 1. The zero-order valence-electron chi connectivity index (χ0n) is 14.8. The Labute approximate surface area is 143 Å². The van der Waals surface area contributed by atoms with Crippen molar-refractivity contribution in [3.05, 3.63) is 64.7 Å². The van der Waals surface area contributed by atoms with Gasteiger partial charge in [-0.05, 0) is 67.5 Å². The van der Waals surface area contributed by atoms with Gasteiger partial charge in [-0.15, -0.1) is 10.2 Å². The quantitative estimate of drug-likeness (QED) is 0.508. The van der Waals surface area contributed by atoms with Crippen molar-refractivity contribution in [1.29, 1.82) is 0 Å². The minimum Gasteiger partial charge on any atom is -0.497 e. The number of ether oxygens (including phenoxy) is 1. The second-order valence-corrected chi connectivity index (χ2v) is 6.21. The lowest BCUT2D eigenvalue weighted by atomic mass is 10.0. The first-order chi connectivity index (χ1) is 11.5. The first kappa shape index (κ1) is 16.2. The van der Waals surface area contributed by atoms with Gasteiger partial charge in [-0.3, -0.25) is 0 Å². The van der Waals surface area contributed by atoms with Gasteiger partial charge in [0, 0.05) is 5.39 Å². The van der Waals surface area contributed by atoms with Gasteiger partial charge in [-0.2, -0.15) is 0 Å². The van der Waals surface area contributed by atoms with Crippen LogP contribution in [0.2, 0.25) is 0 Å². The fourth-order valence-electron chi connectivity index (χ4n) is 3.06. The molecule has 0 aliphatic heterocycles. The highest BCUT2D eigenvalue weighted by atomic mass is 16.5. The van der Waals surface area contributed by atoms with Crippen LogP contribution in [0.25, 0.3) is 10.8 Å². The second kappa shape index (κ2) is 6.44.